The molecule has 1 atom stereocenters. The first-order chi connectivity index (χ1) is 9.74. The Balaban J connectivity index is 1.69. The summed E-state index contributed by atoms with van der Waals surface area (Å²) in [4.78, 5) is 14.4. The molecule has 1 aliphatic heterocycles. The molecule has 0 amide bonds. The van der Waals surface area contributed by atoms with Gasteiger partial charge in [-0.05, 0) is 36.5 Å². The Bertz CT molecular complexity index is 589. The van der Waals surface area contributed by atoms with Crippen molar-refractivity contribution in [1.82, 2.24) is 15.0 Å². The molecule has 2 aromatic rings. The van der Waals surface area contributed by atoms with Crippen molar-refractivity contribution in [3.05, 3.63) is 41.4 Å². The molecule has 2 aromatic heterocycles. The Kier molecular flexibility index (Phi) is 3.69. The molecule has 1 unspecified atom stereocenters. The Labute approximate surface area is 122 Å². The second-order valence-corrected chi connectivity index (χ2v) is 5.43. The summed E-state index contributed by atoms with van der Waals surface area (Å²) in [6, 6.07) is 4.14. The number of rotatable bonds is 3. The molecule has 1 saturated heterocycles. The second-order valence-electron chi connectivity index (χ2n) is 5.06. The number of hydrogen-bond acceptors (Lipinski definition) is 5. The highest BCUT2D eigenvalue weighted by Crippen LogP contribution is 2.31. The maximum Gasteiger partial charge on any atom is 0.153 e. The largest absolute Gasteiger partial charge is 0.382 e. The van der Waals surface area contributed by atoms with Gasteiger partial charge in [-0.1, -0.05) is 11.6 Å². The summed E-state index contributed by atoms with van der Waals surface area (Å²) in [6.45, 7) is 1.89. The molecule has 0 aromatic carbocycles. The zero-order valence-corrected chi connectivity index (χ0v) is 11.8. The van der Waals surface area contributed by atoms with Crippen LogP contribution in [0.3, 0.4) is 0 Å². The zero-order valence-electron chi connectivity index (χ0n) is 11.0. The van der Waals surface area contributed by atoms with Gasteiger partial charge in [0.05, 0.1) is 0 Å². The summed E-state index contributed by atoms with van der Waals surface area (Å²) in [5.41, 5.74) is 7.05. The van der Waals surface area contributed by atoms with Crippen LogP contribution in [0.4, 0.5) is 11.6 Å². The Morgan fingerprint density at radius 1 is 1.30 bits per heavy atom. The van der Waals surface area contributed by atoms with Crippen LogP contribution in [0.15, 0.2) is 30.9 Å². The highest BCUT2D eigenvalue weighted by atomic mass is 35.5. The van der Waals surface area contributed by atoms with E-state index in [2.05, 4.69) is 32.0 Å². The van der Waals surface area contributed by atoms with E-state index < -0.39 is 0 Å². The third kappa shape index (κ3) is 2.67. The van der Waals surface area contributed by atoms with E-state index in [-0.39, 0.29) is 0 Å². The van der Waals surface area contributed by atoms with Crippen LogP contribution in [-0.2, 0) is 6.42 Å². The fourth-order valence-corrected chi connectivity index (χ4v) is 2.86. The number of anilines is 2. The van der Waals surface area contributed by atoms with Gasteiger partial charge in [0.1, 0.15) is 17.2 Å². The van der Waals surface area contributed by atoms with Crippen molar-refractivity contribution < 1.29 is 0 Å². The third-order valence-electron chi connectivity index (χ3n) is 3.66. The summed E-state index contributed by atoms with van der Waals surface area (Å²) in [7, 11) is 0. The second kappa shape index (κ2) is 5.63. The van der Waals surface area contributed by atoms with Crippen molar-refractivity contribution in [3.63, 3.8) is 0 Å². The topological polar surface area (TPSA) is 67.9 Å². The molecule has 0 saturated carbocycles. The SMILES string of the molecule is Nc1ncnc(N2CCC(Cc3ccncc3)C2)c1Cl. The van der Waals surface area contributed by atoms with Gasteiger partial charge in [0.2, 0.25) is 0 Å². The van der Waals surface area contributed by atoms with Crippen molar-refractivity contribution in [3.8, 4) is 0 Å². The molecule has 1 fully saturated rings. The molecular weight excluding hydrogens is 274 g/mol. The third-order valence-corrected chi connectivity index (χ3v) is 4.02. The lowest BCUT2D eigenvalue weighted by Gasteiger charge is -2.19. The Morgan fingerprint density at radius 2 is 2.10 bits per heavy atom. The number of hydrogen-bond donors (Lipinski definition) is 1. The van der Waals surface area contributed by atoms with Gasteiger partial charge in [-0.15, -0.1) is 0 Å². The van der Waals surface area contributed by atoms with Crippen LogP contribution in [0.25, 0.3) is 0 Å². The van der Waals surface area contributed by atoms with Crippen molar-refractivity contribution in [2.24, 2.45) is 5.92 Å². The Morgan fingerprint density at radius 3 is 2.90 bits per heavy atom. The summed E-state index contributed by atoms with van der Waals surface area (Å²) < 4.78 is 0. The average molecular weight is 290 g/mol. The molecule has 5 nitrogen and oxygen atoms in total. The van der Waals surface area contributed by atoms with E-state index in [0.717, 1.165) is 31.7 Å². The molecule has 6 heteroatoms. The molecule has 3 rings (SSSR count). The maximum atomic E-state index is 6.18. The van der Waals surface area contributed by atoms with Gasteiger partial charge in [0, 0.05) is 25.5 Å². The predicted molar refractivity (Wildman–Crippen MR) is 79.7 cm³/mol. The van der Waals surface area contributed by atoms with Gasteiger partial charge < -0.3 is 10.6 Å². The van der Waals surface area contributed by atoms with Crippen LogP contribution in [0.1, 0.15) is 12.0 Å². The summed E-state index contributed by atoms with van der Waals surface area (Å²) in [5, 5.41) is 0.456. The Hall–Kier alpha value is -1.88. The van der Waals surface area contributed by atoms with E-state index in [1.807, 2.05) is 12.4 Å². The molecule has 1 aliphatic rings. The maximum absolute atomic E-state index is 6.18. The first kappa shape index (κ1) is 13.1. The lowest BCUT2D eigenvalue weighted by atomic mass is 10.00. The predicted octanol–water partition coefficient (Wildman–Crippen LogP) is 2.18. The van der Waals surface area contributed by atoms with Crippen molar-refractivity contribution in [2.45, 2.75) is 12.8 Å². The van der Waals surface area contributed by atoms with Gasteiger partial charge in [0.25, 0.3) is 0 Å². The standard InChI is InChI=1S/C14H16ClN5/c15-12-13(16)18-9-19-14(12)20-6-3-11(8-20)7-10-1-4-17-5-2-10/h1-2,4-5,9,11H,3,6-8H2,(H2,16,18,19). The van der Waals surface area contributed by atoms with Gasteiger partial charge in [-0.3, -0.25) is 4.98 Å². The first-order valence-corrected chi connectivity index (χ1v) is 7.01. The molecule has 20 heavy (non-hydrogen) atoms. The summed E-state index contributed by atoms with van der Waals surface area (Å²) in [6.07, 6.45) is 7.32. The lowest BCUT2D eigenvalue weighted by molar-refractivity contribution is 0.586. The number of nitrogens with two attached hydrogens (primary N) is 1. The first-order valence-electron chi connectivity index (χ1n) is 6.64. The highest BCUT2D eigenvalue weighted by Gasteiger charge is 2.25. The molecule has 0 radical (unpaired) electrons. The van der Waals surface area contributed by atoms with Crippen LogP contribution in [0, 0.1) is 5.92 Å². The smallest absolute Gasteiger partial charge is 0.153 e. The van der Waals surface area contributed by atoms with Gasteiger partial charge >= 0.3 is 0 Å². The summed E-state index contributed by atoms with van der Waals surface area (Å²) in [5.74, 6) is 1.69. The van der Waals surface area contributed by atoms with Gasteiger partial charge in [0.15, 0.2) is 5.82 Å². The average Bonchev–Trinajstić information content (AvgIpc) is 2.91. The quantitative estimate of drug-likeness (QED) is 0.938. The lowest BCUT2D eigenvalue weighted by Crippen LogP contribution is -2.22. The van der Waals surface area contributed by atoms with Crippen LogP contribution in [0.2, 0.25) is 5.02 Å². The molecular formula is C14H16ClN5. The van der Waals surface area contributed by atoms with Crippen molar-refractivity contribution >= 4 is 23.2 Å². The molecule has 104 valence electrons. The van der Waals surface area contributed by atoms with Crippen LogP contribution in [-0.4, -0.2) is 28.0 Å². The van der Waals surface area contributed by atoms with Gasteiger partial charge in [-0.25, -0.2) is 9.97 Å². The monoisotopic (exact) mass is 289 g/mol. The molecule has 0 bridgehead atoms. The van der Waals surface area contributed by atoms with Crippen molar-refractivity contribution in [1.29, 1.82) is 0 Å². The normalized spacial score (nSPS) is 18.4. The minimum absolute atomic E-state index is 0.342. The molecule has 0 spiro atoms. The minimum atomic E-state index is 0.342. The number of halogens is 1. The van der Waals surface area contributed by atoms with E-state index in [1.54, 1.807) is 0 Å². The highest BCUT2D eigenvalue weighted by molar-refractivity contribution is 6.35. The van der Waals surface area contributed by atoms with E-state index >= 15 is 0 Å². The number of aromatic nitrogens is 3. The van der Waals surface area contributed by atoms with E-state index in [1.165, 1.54) is 11.9 Å². The van der Waals surface area contributed by atoms with Crippen LogP contribution in [0.5, 0.6) is 0 Å². The van der Waals surface area contributed by atoms with E-state index in [9.17, 15) is 0 Å². The minimum Gasteiger partial charge on any atom is -0.382 e. The zero-order chi connectivity index (χ0) is 13.9. The van der Waals surface area contributed by atoms with E-state index in [0.29, 0.717) is 16.8 Å². The van der Waals surface area contributed by atoms with Crippen LogP contribution >= 0.6 is 11.6 Å². The van der Waals surface area contributed by atoms with E-state index in [4.69, 9.17) is 17.3 Å². The summed E-state index contributed by atoms with van der Waals surface area (Å²) >= 11 is 6.18. The van der Waals surface area contributed by atoms with Crippen LogP contribution < -0.4 is 10.6 Å². The number of pyridine rings is 1. The molecule has 0 aliphatic carbocycles. The van der Waals surface area contributed by atoms with Crippen molar-refractivity contribution in [2.75, 3.05) is 23.7 Å². The number of nitrogens with zero attached hydrogens (tertiary/aromatic N) is 4. The number of nitrogen functional groups attached to an aromatic ring is 1. The fraction of sp³-hybridized carbons (Fsp3) is 0.357. The van der Waals surface area contributed by atoms with Gasteiger partial charge in [-0.2, -0.15) is 0 Å². The molecule has 2 N–H and O–H groups in total. The molecule has 3 heterocycles. The fourth-order valence-electron chi connectivity index (χ4n) is 2.64.